The van der Waals surface area contributed by atoms with Crippen molar-refractivity contribution in [2.45, 2.75) is 77.0 Å². The average molecular weight is 537 g/mol. The highest BCUT2D eigenvalue weighted by Crippen LogP contribution is 2.23. The SMILES string of the molecule is Cn1nc(-c2ccc(C(=O)NC(Cc3ccc(O)cc3)C(=O)OC(C)(C)C)cc2)sc1=NC1CCCCC1. The van der Waals surface area contributed by atoms with Crippen LogP contribution in [0.3, 0.4) is 0 Å². The molecule has 4 rings (SSSR count). The summed E-state index contributed by atoms with van der Waals surface area (Å²) in [5.41, 5.74) is 1.43. The third kappa shape index (κ3) is 7.54. The van der Waals surface area contributed by atoms with Crippen molar-refractivity contribution in [3.05, 3.63) is 64.5 Å². The molecule has 2 aromatic carbocycles. The minimum Gasteiger partial charge on any atom is -0.508 e. The standard InChI is InChI=1S/C29H36N4O4S/c1-29(2,3)37-27(36)24(18-19-10-16-23(34)17-11-19)31-25(35)20-12-14-21(15-13-20)26-32-33(4)28(38-26)30-22-8-6-5-7-9-22/h10-17,22,24,34H,5-9,18H2,1-4H3,(H,31,35). The number of aryl methyl sites for hydroxylation is 1. The van der Waals surface area contributed by atoms with E-state index in [0.29, 0.717) is 11.6 Å². The van der Waals surface area contributed by atoms with E-state index < -0.39 is 17.6 Å². The maximum atomic E-state index is 13.1. The third-order valence-electron chi connectivity index (χ3n) is 6.34. The van der Waals surface area contributed by atoms with Crippen LogP contribution in [-0.4, -0.2) is 44.4 Å². The Balaban J connectivity index is 1.48. The van der Waals surface area contributed by atoms with E-state index in [-0.39, 0.29) is 18.1 Å². The van der Waals surface area contributed by atoms with Crippen LogP contribution in [0.15, 0.2) is 53.5 Å². The number of esters is 1. The number of rotatable bonds is 7. The molecule has 202 valence electrons. The van der Waals surface area contributed by atoms with Crippen LogP contribution in [-0.2, 0) is 23.0 Å². The fourth-order valence-corrected chi connectivity index (χ4v) is 5.35. The molecule has 1 atom stereocenters. The van der Waals surface area contributed by atoms with E-state index in [2.05, 4.69) is 10.4 Å². The molecule has 1 saturated carbocycles. The van der Waals surface area contributed by atoms with Crippen LogP contribution in [0.25, 0.3) is 10.6 Å². The number of hydrogen-bond donors (Lipinski definition) is 2. The number of ether oxygens (including phenoxy) is 1. The van der Waals surface area contributed by atoms with Gasteiger partial charge in [0.05, 0.1) is 6.04 Å². The predicted octanol–water partition coefficient (Wildman–Crippen LogP) is 4.77. The van der Waals surface area contributed by atoms with Gasteiger partial charge in [-0.1, -0.05) is 54.9 Å². The van der Waals surface area contributed by atoms with E-state index in [1.807, 2.05) is 23.9 Å². The monoisotopic (exact) mass is 536 g/mol. The highest BCUT2D eigenvalue weighted by molar-refractivity contribution is 7.12. The van der Waals surface area contributed by atoms with Gasteiger partial charge in [-0.05, 0) is 63.4 Å². The molecule has 0 saturated heterocycles. The maximum absolute atomic E-state index is 13.1. The summed E-state index contributed by atoms with van der Waals surface area (Å²) in [6.07, 6.45) is 6.26. The lowest BCUT2D eigenvalue weighted by atomic mass is 9.96. The van der Waals surface area contributed by atoms with Crippen LogP contribution in [0.2, 0.25) is 0 Å². The number of phenolic OH excluding ortho intramolecular Hbond substituents is 1. The molecule has 1 amide bonds. The van der Waals surface area contributed by atoms with Gasteiger partial charge in [-0.3, -0.25) is 9.79 Å². The van der Waals surface area contributed by atoms with Crippen molar-refractivity contribution in [2.75, 3.05) is 0 Å². The second kappa shape index (κ2) is 11.9. The average Bonchev–Trinajstić information content (AvgIpc) is 3.24. The Morgan fingerprint density at radius 1 is 1.11 bits per heavy atom. The molecule has 0 bridgehead atoms. The van der Waals surface area contributed by atoms with Gasteiger partial charge < -0.3 is 15.2 Å². The van der Waals surface area contributed by atoms with Crippen molar-refractivity contribution in [2.24, 2.45) is 12.0 Å². The summed E-state index contributed by atoms with van der Waals surface area (Å²) >= 11 is 1.55. The second-order valence-electron chi connectivity index (χ2n) is 10.7. The fraction of sp³-hybridized carbons (Fsp3) is 0.448. The lowest BCUT2D eigenvalue weighted by Gasteiger charge is -2.24. The predicted molar refractivity (Wildman–Crippen MR) is 148 cm³/mol. The first kappa shape index (κ1) is 27.6. The van der Waals surface area contributed by atoms with Gasteiger partial charge in [0, 0.05) is 24.6 Å². The molecule has 0 radical (unpaired) electrons. The van der Waals surface area contributed by atoms with Gasteiger partial charge in [-0.15, -0.1) is 0 Å². The third-order valence-corrected chi connectivity index (χ3v) is 7.40. The van der Waals surface area contributed by atoms with Gasteiger partial charge in [-0.25, -0.2) is 9.48 Å². The first-order valence-electron chi connectivity index (χ1n) is 13.1. The normalized spacial score (nSPS) is 15.7. The first-order chi connectivity index (χ1) is 18.1. The summed E-state index contributed by atoms with van der Waals surface area (Å²) in [4.78, 5) is 31.8. The zero-order chi connectivity index (χ0) is 27.3. The van der Waals surface area contributed by atoms with Crippen molar-refractivity contribution in [1.29, 1.82) is 0 Å². The van der Waals surface area contributed by atoms with E-state index in [1.165, 1.54) is 19.3 Å². The molecular formula is C29H36N4O4S. The van der Waals surface area contributed by atoms with E-state index in [0.717, 1.165) is 33.8 Å². The zero-order valence-electron chi connectivity index (χ0n) is 22.4. The lowest BCUT2D eigenvalue weighted by molar-refractivity contribution is -0.157. The molecule has 3 aromatic rings. The smallest absolute Gasteiger partial charge is 0.329 e. The van der Waals surface area contributed by atoms with Crippen LogP contribution < -0.4 is 10.1 Å². The van der Waals surface area contributed by atoms with Gasteiger partial charge in [0.2, 0.25) is 4.80 Å². The van der Waals surface area contributed by atoms with Gasteiger partial charge in [0.15, 0.2) is 0 Å². The van der Waals surface area contributed by atoms with Crippen molar-refractivity contribution >= 4 is 23.2 Å². The molecule has 38 heavy (non-hydrogen) atoms. The number of benzene rings is 2. The molecule has 1 fully saturated rings. The van der Waals surface area contributed by atoms with Crippen LogP contribution in [0, 0.1) is 0 Å². The molecule has 0 spiro atoms. The number of nitrogens with one attached hydrogen (secondary N) is 1. The van der Waals surface area contributed by atoms with Gasteiger partial charge in [-0.2, -0.15) is 5.10 Å². The largest absolute Gasteiger partial charge is 0.508 e. The topological polar surface area (TPSA) is 106 Å². The maximum Gasteiger partial charge on any atom is 0.329 e. The number of aromatic hydroxyl groups is 1. The highest BCUT2D eigenvalue weighted by atomic mass is 32.1. The first-order valence-corrected chi connectivity index (χ1v) is 13.9. The van der Waals surface area contributed by atoms with E-state index in [9.17, 15) is 14.7 Å². The highest BCUT2D eigenvalue weighted by Gasteiger charge is 2.27. The number of amides is 1. The van der Waals surface area contributed by atoms with Gasteiger partial charge in [0.25, 0.3) is 5.91 Å². The molecule has 1 unspecified atom stereocenters. The second-order valence-corrected chi connectivity index (χ2v) is 11.7. The van der Waals surface area contributed by atoms with Gasteiger partial charge in [0.1, 0.15) is 22.4 Å². The Morgan fingerprint density at radius 2 is 1.76 bits per heavy atom. The molecule has 9 heteroatoms. The van der Waals surface area contributed by atoms with Gasteiger partial charge >= 0.3 is 5.97 Å². The van der Waals surface area contributed by atoms with E-state index >= 15 is 0 Å². The van der Waals surface area contributed by atoms with Crippen molar-refractivity contribution in [1.82, 2.24) is 15.1 Å². The number of aromatic nitrogens is 2. The molecule has 2 N–H and O–H groups in total. The minimum atomic E-state index is -0.882. The molecule has 8 nitrogen and oxygen atoms in total. The molecule has 1 aromatic heterocycles. The van der Waals surface area contributed by atoms with E-state index in [4.69, 9.17) is 9.73 Å². The summed E-state index contributed by atoms with van der Waals surface area (Å²) in [5.74, 6) is -0.751. The quantitative estimate of drug-likeness (QED) is 0.423. The molecule has 1 heterocycles. The van der Waals surface area contributed by atoms with E-state index in [1.54, 1.807) is 68.5 Å². The summed E-state index contributed by atoms with van der Waals surface area (Å²) in [5, 5.41) is 17.9. The van der Waals surface area contributed by atoms with Crippen LogP contribution >= 0.6 is 11.3 Å². The number of nitrogens with zero attached hydrogens (tertiary/aromatic N) is 3. The number of carbonyl (C=O) groups is 2. The number of hydrogen-bond acceptors (Lipinski definition) is 7. The van der Waals surface area contributed by atoms with Crippen LogP contribution in [0.5, 0.6) is 5.75 Å². The summed E-state index contributed by atoms with van der Waals surface area (Å²) in [6, 6.07) is 13.2. The summed E-state index contributed by atoms with van der Waals surface area (Å²) in [6.45, 7) is 5.36. The number of carbonyl (C=O) groups excluding carboxylic acids is 2. The Bertz CT molecular complexity index is 1310. The Morgan fingerprint density at radius 3 is 2.39 bits per heavy atom. The van der Waals surface area contributed by atoms with Crippen molar-refractivity contribution in [3.63, 3.8) is 0 Å². The zero-order valence-corrected chi connectivity index (χ0v) is 23.3. The minimum absolute atomic E-state index is 0.135. The Labute approximate surface area is 227 Å². The molecular weight excluding hydrogens is 500 g/mol. The van der Waals surface area contributed by atoms with Crippen LogP contribution in [0.4, 0.5) is 0 Å². The summed E-state index contributed by atoms with van der Waals surface area (Å²) in [7, 11) is 1.91. The Hall–Kier alpha value is -3.46. The lowest BCUT2D eigenvalue weighted by Crippen LogP contribution is -2.45. The molecule has 1 aliphatic carbocycles. The van der Waals surface area contributed by atoms with Crippen molar-refractivity contribution in [3.8, 4) is 16.3 Å². The molecule has 1 aliphatic rings. The van der Waals surface area contributed by atoms with Crippen LogP contribution in [0.1, 0.15) is 68.8 Å². The fourth-order valence-electron chi connectivity index (χ4n) is 4.38. The summed E-state index contributed by atoms with van der Waals surface area (Å²) < 4.78 is 7.38. The molecule has 0 aliphatic heterocycles. The number of phenols is 1. The van der Waals surface area contributed by atoms with Crippen molar-refractivity contribution < 1.29 is 19.4 Å². The Kier molecular flexibility index (Phi) is 8.66.